The van der Waals surface area contributed by atoms with E-state index < -0.39 is 0 Å². The summed E-state index contributed by atoms with van der Waals surface area (Å²) in [6.07, 6.45) is 3.43. The van der Waals surface area contributed by atoms with Gasteiger partial charge in [0, 0.05) is 10.7 Å². The van der Waals surface area contributed by atoms with Crippen LogP contribution in [0.2, 0.25) is 0 Å². The maximum Gasteiger partial charge on any atom is 0.277 e. The van der Waals surface area contributed by atoms with Crippen molar-refractivity contribution < 1.29 is 4.79 Å². The summed E-state index contributed by atoms with van der Waals surface area (Å²) in [7, 11) is 0. The van der Waals surface area contributed by atoms with Crippen molar-refractivity contribution in [2.75, 3.05) is 5.32 Å². The van der Waals surface area contributed by atoms with Gasteiger partial charge < -0.3 is 0 Å². The molecule has 108 valence electrons. The van der Waals surface area contributed by atoms with Crippen LogP contribution in [0.3, 0.4) is 0 Å². The molecule has 21 heavy (non-hydrogen) atoms. The first-order chi connectivity index (χ1) is 10.2. The smallest absolute Gasteiger partial charge is 0.277 e. The minimum Gasteiger partial charge on any atom is -0.294 e. The van der Waals surface area contributed by atoms with E-state index in [1.807, 2.05) is 25.3 Å². The number of carbonyl (C=O) groups is 1. The minimum atomic E-state index is -0.314. The number of aromatic amines is 1. The first-order valence-electron chi connectivity index (χ1n) is 6.40. The van der Waals surface area contributed by atoms with Crippen LogP contribution in [-0.4, -0.2) is 35.9 Å². The Morgan fingerprint density at radius 3 is 3.05 bits per heavy atom. The molecular formula is C12H12BrN7O. The van der Waals surface area contributed by atoms with Crippen molar-refractivity contribution in [1.82, 2.24) is 30.0 Å². The fourth-order valence-corrected chi connectivity index (χ4v) is 2.43. The van der Waals surface area contributed by atoms with Gasteiger partial charge in [0.2, 0.25) is 0 Å². The van der Waals surface area contributed by atoms with E-state index in [2.05, 4.69) is 46.9 Å². The molecular weight excluding hydrogens is 338 g/mol. The number of halogens is 1. The molecule has 0 aliphatic heterocycles. The number of imidazole rings is 1. The van der Waals surface area contributed by atoms with E-state index in [1.165, 1.54) is 0 Å². The van der Waals surface area contributed by atoms with Crippen molar-refractivity contribution >= 4 is 33.4 Å². The van der Waals surface area contributed by atoms with E-state index in [0.717, 1.165) is 22.2 Å². The summed E-state index contributed by atoms with van der Waals surface area (Å²) < 4.78 is 2.62. The lowest BCUT2D eigenvalue weighted by Gasteiger charge is -2.04. The van der Waals surface area contributed by atoms with E-state index in [4.69, 9.17) is 0 Å². The number of nitrogens with one attached hydrogen (secondary N) is 2. The standard InChI is InChI=1S/C12H12BrN7O/c1-2-3-8-10(11(21)15-12-16-18-19-17-12)20-6-7(13)4-5-9(20)14-8/h4-6H,2-3H2,1H3,(H2,15,16,17,18,19,21). The zero-order chi connectivity index (χ0) is 14.8. The van der Waals surface area contributed by atoms with Gasteiger partial charge in [0.05, 0.1) is 5.69 Å². The topological polar surface area (TPSA) is 101 Å². The van der Waals surface area contributed by atoms with E-state index >= 15 is 0 Å². The van der Waals surface area contributed by atoms with Crippen molar-refractivity contribution in [3.05, 3.63) is 34.2 Å². The third-order valence-corrected chi connectivity index (χ3v) is 3.40. The molecule has 0 aliphatic rings. The molecule has 3 aromatic rings. The number of carbonyl (C=O) groups excluding carboxylic acids is 1. The number of hydrogen-bond donors (Lipinski definition) is 2. The molecule has 0 atom stereocenters. The zero-order valence-electron chi connectivity index (χ0n) is 11.2. The minimum absolute atomic E-state index is 0.132. The van der Waals surface area contributed by atoms with Gasteiger partial charge in [-0.05, 0) is 39.7 Å². The summed E-state index contributed by atoms with van der Waals surface area (Å²) in [5.41, 5.74) is 1.95. The molecule has 3 heterocycles. The number of fused-ring (bicyclic) bond motifs is 1. The largest absolute Gasteiger partial charge is 0.294 e. The second-order valence-corrected chi connectivity index (χ2v) is 5.34. The Labute approximate surface area is 128 Å². The zero-order valence-corrected chi connectivity index (χ0v) is 12.8. The van der Waals surface area contributed by atoms with E-state index in [0.29, 0.717) is 12.1 Å². The van der Waals surface area contributed by atoms with Crippen LogP contribution >= 0.6 is 15.9 Å². The average molecular weight is 350 g/mol. The Bertz CT molecular complexity index is 780. The predicted molar refractivity (Wildman–Crippen MR) is 79.0 cm³/mol. The number of tetrazole rings is 1. The summed E-state index contributed by atoms with van der Waals surface area (Å²) >= 11 is 3.40. The van der Waals surface area contributed by atoms with E-state index in [1.54, 1.807) is 4.40 Å². The molecule has 2 N–H and O–H groups in total. The fourth-order valence-electron chi connectivity index (χ4n) is 2.09. The highest BCUT2D eigenvalue weighted by Gasteiger charge is 2.20. The number of nitrogens with zero attached hydrogens (tertiary/aromatic N) is 5. The van der Waals surface area contributed by atoms with Crippen molar-refractivity contribution in [3.8, 4) is 0 Å². The quantitative estimate of drug-likeness (QED) is 0.747. The first-order valence-corrected chi connectivity index (χ1v) is 7.19. The van der Waals surface area contributed by atoms with Gasteiger partial charge in [-0.2, -0.15) is 5.21 Å². The summed E-state index contributed by atoms with van der Waals surface area (Å²) in [5, 5.41) is 15.7. The Morgan fingerprint density at radius 2 is 2.33 bits per heavy atom. The van der Waals surface area contributed by atoms with Crippen molar-refractivity contribution in [2.24, 2.45) is 0 Å². The molecule has 0 bridgehead atoms. The van der Waals surface area contributed by atoms with Gasteiger partial charge in [0.15, 0.2) is 0 Å². The average Bonchev–Trinajstić information content (AvgIpc) is 3.06. The number of pyridine rings is 1. The van der Waals surface area contributed by atoms with Crippen LogP contribution in [0.15, 0.2) is 22.8 Å². The molecule has 0 spiro atoms. The summed E-state index contributed by atoms with van der Waals surface area (Å²) in [6.45, 7) is 2.04. The number of hydrogen-bond acceptors (Lipinski definition) is 5. The van der Waals surface area contributed by atoms with Crippen LogP contribution < -0.4 is 5.32 Å². The third kappa shape index (κ3) is 2.64. The number of aromatic nitrogens is 6. The molecule has 3 rings (SSSR count). The van der Waals surface area contributed by atoms with Crippen LogP contribution in [0, 0.1) is 0 Å². The normalized spacial score (nSPS) is 11.0. The lowest BCUT2D eigenvalue weighted by molar-refractivity contribution is 0.101. The molecule has 0 saturated heterocycles. The van der Waals surface area contributed by atoms with Gasteiger partial charge in [-0.25, -0.2) is 4.98 Å². The Balaban J connectivity index is 2.07. The Hall–Kier alpha value is -2.29. The molecule has 3 aromatic heterocycles. The van der Waals surface area contributed by atoms with Crippen molar-refractivity contribution in [1.29, 1.82) is 0 Å². The van der Waals surface area contributed by atoms with Gasteiger partial charge in [0.1, 0.15) is 11.3 Å². The lowest BCUT2D eigenvalue weighted by atomic mass is 10.2. The highest BCUT2D eigenvalue weighted by molar-refractivity contribution is 9.10. The molecule has 0 radical (unpaired) electrons. The van der Waals surface area contributed by atoms with E-state index in [9.17, 15) is 4.79 Å². The van der Waals surface area contributed by atoms with Crippen LogP contribution in [0.4, 0.5) is 5.95 Å². The lowest BCUT2D eigenvalue weighted by Crippen LogP contribution is -2.17. The van der Waals surface area contributed by atoms with Crippen LogP contribution in [0.1, 0.15) is 29.5 Å². The molecule has 8 nitrogen and oxygen atoms in total. The van der Waals surface area contributed by atoms with Gasteiger partial charge in [-0.3, -0.25) is 14.5 Å². The number of aryl methyl sites for hydroxylation is 1. The number of rotatable bonds is 4. The van der Waals surface area contributed by atoms with Crippen molar-refractivity contribution in [3.63, 3.8) is 0 Å². The second-order valence-electron chi connectivity index (χ2n) is 4.42. The van der Waals surface area contributed by atoms with Gasteiger partial charge in [-0.15, -0.1) is 5.10 Å². The maximum atomic E-state index is 12.5. The molecule has 0 saturated carbocycles. The molecule has 0 aliphatic carbocycles. The van der Waals surface area contributed by atoms with Crippen molar-refractivity contribution in [2.45, 2.75) is 19.8 Å². The highest BCUT2D eigenvalue weighted by Crippen LogP contribution is 2.19. The molecule has 0 aromatic carbocycles. The van der Waals surface area contributed by atoms with Gasteiger partial charge >= 0.3 is 0 Å². The predicted octanol–water partition coefficient (Wildman–Crippen LogP) is 1.81. The molecule has 0 unspecified atom stereocenters. The van der Waals surface area contributed by atoms with E-state index in [-0.39, 0.29) is 11.9 Å². The number of amides is 1. The summed E-state index contributed by atoms with van der Waals surface area (Å²) in [4.78, 5) is 17.0. The SMILES string of the molecule is CCCc1nc2ccc(Br)cn2c1C(=O)Nc1nn[nH]n1. The number of anilines is 1. The first kappa shape index (κ1) is 13.7. The Morgan fingerprint density at radius 1 is 1.48 bits per heavy atom. The summed E-state index contributed by atoms with van der Waals surface area (Å²) in [5.74, 6) is -0.183. The highest BCUT2D eigenvalue weighted by atomic mass is 79.9. The third-order valence-electron chi connectivity index (χ3n) is 2.93. The molecule has 9 heteroatoms. The van der Waals surface area contributed by atoms with Crippen LogP contribution in [-0.2, 0) is 6.42 Å². The van der Waals surface area contributed by atoms with Crippen LogP contribution in [0.5, 0.6) is 0 Å². The number of H-pyrrole nitrogens is 1. The summed E-state index contributed by atoms with van der Waals surface area (Å²) in [6, 6.07) is 3.74. The second kappa shape index (κ2) is 5.60. The monoisotopic (exact) mass is 349 g/mol. The van der Waals surface area contributed by atoms with Crippen LogP contribution in [0.25, 0.3) is 5.65 Å². The van der Waals surface area contributed by atoms with Gasteiger partial charge in [-0.1, -0.05) is 18.4 Å². The maximum absolute atomic E-state index is 12.5. The fraction of sp³-hybridized carbons (Fsp3) is 0.250. The van der Waals surface area contributed by atoms with Gasteiger partial charge in [0.25, 0.3) is 11.9 Å². The molecule has 1 amide bonds. The Kier molecular flexibility index (Phi) is 3.65. The molecule has 0 fully saturated rings.